The van der Waals surface area contributed by atoms with Crippen LogP contribution in [0.1, 0.15) is 12.8 Å². The zero-order chi connectivity index (χ0) is 9.56. The fourth-order valence-corrected chi connectivity index (χ4v) is 0.765. The first kappa shape index (κ1) is 11.1. The van der Waals surface area contributed by atoms with E-state index in [1.807, 2.05) is 0 Å². The maximum Gasteiger partial charge on any atom is 0.260 e. The van der Waals surface area contributed by atoms with Gasteiger partial charge in [-0.15, -0.1) is 0 Å². The highest BCUT2D eigenvalue weighted by Crippen LogP contribution is 2.10. The normalized spacial score (nSPS) is 13.0. The summed E-state index contributed by atoms with van der Waals surface area (Å²) in [4.78, 5) is 3.38. The minimum atomic E-state index is -2.53. The molecule has 0 rings (SSSR count). The van der Waals surface area contributed by atoms with Gasteiger partial charge >= 0.3 is 0 Å². The number of rotatable bonds is 5. The van der Waals surface area contributed by atoms with Crippen LogP contribution in [0.4, 0.5) is 8.78 Å². The second-order valence-electron chi connectivity index (χ2n) is 2.39. The van der Waals surface area contributed by atoms with Gasteiger partial charge in [0.25, 0.3) is 6.43 Å². The molecule has 0 saturated heterocycles. The summed E-state index contributed by atoms with van der Waals surface area (Å²) in [6.07, 6.45) is -1.82. The van der Waals surface area contributed by atoms with Crippen molar-refractivity contribution in [2.24, 2.45) is 22.2 Å². The van der Waals surface area contributed by atoms with Crippen molar-refractivity contribution in [2.45, 2.75) is 25.3 Å². The summed E-state index contributed by atoms with van der Waals surface area (Å²) in [5.74, 6) is -0.308. The lowest BCUT2D eigenvalue weighted by Gasteiger charge is -2.10. The minimum Gasteiger partial charge on any atom is -0.370 e. The number of nitrogens with two attached hydrogens (primary N) is 3. The second kappa shape index (κ2) is 5.70. The summed E-state index contributed by atoms with van der Waals surface area (Å²) in [5.41, 5.74) is 15.1. The smallest absolute Gasteiger partial charge is 0.260 e. The number of hydrogen-bond donors (Lipinski definition) is 3. The molecule has 72 valence electrons. The van der Waals surface area contributed by atoms with Crippen molar-refractivity contribution < 1.29 is 8.78 Å². The summed E-state index contributed by atoms with van der Waals surface area (Å²) >= 11 is 0. The Labute approximate surface area is 69.8 Å². The number of aliphatic imine (C=N–C) groups is 1. The van der Waals surface area contributed by atoms with Crippen LogP contribution in [0, 0.1) is 0 Å². The predicted octanol–water partition coefficient (Wildman–Crippen LogP) is -0.368. The van der Waals surface area contributed by atoms with E-state index in [4.69, 9.17) is 17.2 Å². The van der Waals surface area contributed by atoms with Crippen molar-refractivity contribution in [3.63, 3.8) is 0 Å². The van der Waals surface area contributed by atoms with E-state index >= 15 is 0 Å². The second-order valence-corrected chi connectivity index (χ2v) is 2.39. The molecule has 0 radical (unpaired) electrons. The summed E-state index contributed by atoms with van der Waals surface area (Å²) < 4.78 is 24.2. The van der Waals surface area contributed by atoms with E-state index < -0.39 is 12.5 Å². The molecule has 0 bridgehead atoms. The van der Waals surface area contributed by atoms with Gasteiger partial charge in [0.15, 0.2) is 5.96 Å². The average molecular weight is 180 g/mol. The molecule has 0 aromatic rings. The van der Waals surface area contributed by atoms with Crippen LogP contribution in [-0.2, 0) is 0 Å². The van der Waals surface area contributed by atoms with E-state index in [2.05, 4.69) is 4.99 Å². The van der Waals surface area contributed by atoms with E-state index in [1.54, 1.807) is 0 Å². The molecule has 6 N–H and O–H groups in total. The van der Waals surface area contributed by atoms with Crippen LogP contribution >= 0.6 is 0 Å². The van der Waals surface area contributed by atoms with Crippen LogP contribution in [0.3, 0.4) is 0 Å². The number of hydrogen-bond acceptors (Lipinski definition) is 2. The Kier molecular flexibility index (Phi) is 5.27. The molecule has 0 heterocycles. The van der Waals surface area contributed by atoms with E-state index in [9.17, 15) is 8.78 Å². The van der Waals surface area contributed by atoms with Gasteiger partial charge in [0.2, 0.25) is 0 Å². The standard InChI is InChI=1S/C6H14F2N4/c7-5(8)4(2-1-3-9)12-6(10)11/h4-5H,1-3,9H2,(H4,10,11,12). The Balaban J connectivity index is 3.96. The van der Waals surface area contributed by atoms with E-state index in [0.29, 0.717) is 13.0 Å². The SMILES string of the molecule is NCCCC(N=C(N)N)C(F)F. The van der Waals surface area contributed by atoms with Crippen molar-refractivity contribution in [1.29, 1.82) is 0 Å². The van der Waals surface area contributed by atoms with Crippen LogP contribution in [0.15, 0.2) is 4.99 Å². The highest BCUT2D eigenvalue weighted by atomic mass is 19.3. The number of guanidine groups is 1. The lowest BCUT2D eigenvalue weighted by Crippen LogP contribution is -2.28. The van der Waals surface area contributed by atoms with E-state index in [-0.39, 0.29) is 12.4 Å². The molecule has 1 atom stereocenters. The van der Waals surface area contributed by atoms with Gasteiger partial charge < -0.3 is 17.2 Å². The number of alkyl halides is 2. The zero-order valence-electron chi connectivity index (χ0n) is 6.71. The molecular weight excluding hydrogens is 166 g/mol. The molecular formula is C6H14F2N4. The maximum atomic E-state index is 12.1. The Morgan fingerprint density at radius 2 is 1.92 bits per heavy atom. The minimum absolute atomic E-state index is 0.214. The van der Waals surface area contributed by atoms with E-state index in [1.165, 1.54) is 0 Å². The largest absolute Gasteiger partial charge is 0.370 e. The van der Waals surface area contributed by atoms with Gasteiger partial charge in [-0.05, 0) is 19.4 Å². The molecule has 0 aliphatic rings. The monoisotopic (exact) mass is 180 g/mol. The first-order valence-electron chi connectivity index (χ1n) is 3.65. The summed E-state index contributed by atoms with van der Waals surface area (Å²) in [6, 6.07) is -1.11. The van der Waals surface area contributed by atoms with Gasteiger partial charge in [-0.25, -0.2) is 13.8 Å². The van der Waals surface area contributed by atoms with Crippen LogP contribution in [0.2, 0.25) is 0 Å². The van der Waals surface area contributed by atoms with Crippen molar-refractivity contribution in [3.05, 3.63) is 0 Å². The topological polar surface area (TPSA) is 90.4 Å². The molecule has 0 amide bonds. The number of halogens is 2. The molecule has 1 unspecified atom stereocenters. The molecule has 0 saturated carbocycles. The Hall–Kier alpha value is -0.910. The maximum absolute atomic E-state index is 12.1. The zero-order valence-corrected chi connectivity index (χ0v) is 6.71. The first-order chi connectivity index (χ1) is 5.57. The third kappa shape index (κ3) is 4.84. The molecule has 12 heavy (non-hydrogen) atoms. The molecule has 0 spiro atoms. The van der Waals surface area contributed by atoms with Crippen molar-refractivity contribution in [1.82, 2.24) is 0 Å². The molecule has 0 aliphatic heterocycles. The van der Waals surface area contributed by atoms with Gasteiger partial charge in [-0.2, -0.15) is 0 Å². The van der Waals surface area contributed by atoms with Crippen LogP contribution in [0.5, 0.6) is 0 Å². The lowest BCUT2D eigenvalue weighted by molar-refractivity contribution is 0.112. The fourth-order valence-electron chi connectivity index (χ4n) is 0.765. The molecule has 0 aromatic heterocycles. The van der Waals surface area contributed by atoms with Gasteiger partial charge in [-0.3, -0.25) is 0 Å². The molecule has 4 nitrogen and oxygen atoms in total. The third-order valence-electron chi connectivity index (χ3n) is 1.31. The first-order valence-corrected chi connectivity index (χ1v) is 3.65. The van der Waals surface area contributed by atoms with Crippen LogP contribution in [-0.4, -0.2) is 25.0 Å². The van der Waals surface area contributed by atoms with Gasteiger partial charge in [-0.1, -0.05) is 0 Å². The quantitative estimate of drug-likeness (QED) is 0.398. The van der Waals surface area contributed by atoms with Crippen LogP contribution in [0.25, 0.3) is 0 Å². The fraction of sp³-hybridized carbons (Fsp3) is 0.833. The van der Waals surface area contributed by atoms with Crippen LogP contribution < -0.4 is 17.2 Å². The third-order valence-corrected chi connectivity index (χ3v) is 1.31. The average Bonchev–Trinajstić information content (AvgIpc) is 1.96. The lowest BCUT2D eigenvalue weighted by atomic mass is 10.2. The van der Waals surface area contributed by atoms with E-state index in [0.717, 1.165) is 0 Å². The Bertz CT molecular complexity index is 144. The Morgan fingerprint density at radius 3 is 2.25 bits per heavy atom. The summed E-state index contributed by atoms with van der Waals surface area (Å²) in [5, 5.41) is 0. The summed E-state index contributed by atoms with van der Waals surface area (Å²) in [7, 11) is 0. The highest BCUT2D eigenvalue weighted by molar-refractivity contribution is 5.75. The molecule has 0 fully saturated rings. The predicted molar refractivity (Wildman–Crippen MR) is 43.9 cm³/mol. The van der Waals surface area contributed by atoms with Gasteiger partial charge in [0.1, 0.15) is 6.04 Å². The van der Waals surface area contributed by atoms with Crippen molar-refractivity contribution in [2.75, 3.05) is 6.54 Å². The summed E-state index contributed by atoms with van der Waals surface area (Å²) in [6.45, 7) is 0.364. The number of nitrogens with zero attached hydrogens (tertiary/aromatic N) is 1. The highest BCUT2D eigenvalue weighted by Gasteiger charge is 2.18. The van der Waals surface area contributed by atoms with Crippen molar-refractivity contribution >= 4 is 5.96 Å². The Morgan fingerprint density at radius 1 is 1.33 bits per heavy atom. The molecule has 0 aromatic carbocycles. The van der Waals surface area contributed by atoms with Gasteiger partial charge in [0, 0.05) is 0 Å². The van der Waals surface area contributed by atoms with Crippen molar-refractivity contribution in [3.8, 4) is 0 Å². The molecule has 6 heteroatoms. The van der Waals surface area contributed by atoms with Gasteiger partial charge in [0.05, 0.1) is 0 Å². The molecule has 0 aliphatic carbocycles.